The van der Waals surface area contributed by atoms with Crippen molar-refractivity contribution >= 4 is 5.91 Å². The Balaban J connectivity index is 1.47. The average Bonchev–Trinajstić information content (AvgIpc) is 3.05. The van der Waals surface area contributed by atoms with Crippen LogP contribution in [0.3, 0.4) is 0 Å². The van der Waals surface area contributed by atoms with E-state index in [2.05, 4.69) is 27.6 Å². The normalized spacial score (nSPS) is 20.5. The fourth-order valence-electron chi connectivity index (χ4n) is 3.52. The molecule has 0 saturated carbocycles. The highest BCUT2D eigenvalue weighted by molar-refractivity contribution is 5.86. The molecule has 0 spiro atoms. The number of H-pyrrole nitrogens is 1. The summed E-state index contributed by atoms with van der Waals surface area (Å²) in [5, 5.41) is 21.1. The van der Waals surface area contributed by atoms with E-state index in [-0.39, 0.29) is 12.5 Å². The number of nitrogens with zero attached hydrogens (tertiary/aromatic N) is 2. The molecule has 1 amide bonds. The third-order valence-electron chi connectivity index (χ3n) is 4.92. The number of amides is 1. The van der Waals surface area contributed by atoms with Crippen molar-refractivity contribution in [2.75, 3.05) is 19.6 Å². The molecule has 140 valence electrons. The van der Waals surface area contributed by atoms with Crippen LogP contribution < -0.4 is 5.32 Å². The zero-order valence-corrected chi connectivity index (χ0v) is 15.4. The molecule has 1 saturated heterocycles. The molecule has 0 radical (unpaired) electrons. The molecule has 1 aromatic heterocycles. The lowest BCUT2D eigenvalue weighted by molar-refractivity contribution is -0.156. The summed E-state index contributed by atoms with van der Waals surface area (Å²) >= 11 is 0. The van der Waals surface area contributed by atoms with E-state index in [1.807, 2.05) is 36.1 Å². The van der Waals surface area contributed by atoms with Crippen LogP contribution in [0.2, 0.25) is 0 Å². The minimum Gasteiger partial charge on any atom is -0.379 e. The Morgan fingerprint density at radius 2 is 2.15 bits per heavy atom. The molecule has 1 atom stereocenters. The topological polar surface area (TPSA) is 81.2 Å². The van der Waals surface area contributed by atoms with E-state index in [0.717, 1.165) is 37.2 Å². The van der Waals surface area contributed by atoms with E-state index in [1.54, 1.807) is 0 Å². The van der Waals surface area contributed by atoms with Crippen molar-refractivity contribution < 1.29 is 9.90 Å². The van der Waals surface area contributed by atoms with Crippen molar-refractivity contribution in [2.45, 2.75) is 44.8 Å². The second-order valence-corrected chi connectivity index (χ2v) is 7.16. The van der Waals surface area contributed by atoms with Crippen LogP contribution in [0.15, 0.2) is 36.4 Å². The first-order valence-corrected chi connectivity index (χ1v) is 9.34. The maximum atomic E-state index is 12.8. The summed E-state index contributed by atoms with van der Waals surface area (Å²) in [4.78, 5) is 14.6. The van der Waals surface area contributed by atoms with Crippen LogP contribution in [0.1, 0.15) is 36.2 Å². The number of carbonyl (C=O) groups is 1. The second kappa shape index (κ2) is 8.47. The molecular weight excluding hydrogens is 328 g/mol. The second-order valence-electron chi connectivity index (χ2n) is 7.16. The van der Waals surface area contributed by atoms with Crippen molar-refractivity contribution in [3.8, 4) is 0 Å². The smallest absolute Gasteiger partial charge is 0.255 e. The number of piperidine rings is 1. The van der Waals surface area contributed by atoms with Crippen LogP contribution in [0.5, 0.6) is 0 Å². The van der Waals surface area contributed by atoms with Gasteiger partial charge in [-0.15, -0.1) is 0 Å². The first kappa shape index (κ1) is 18.6. The van der Waals surface area contributed by atoms with Gasteiger partial charge in [-0.05, 0) is 44.2 Å². The van der Waals surface area contributed by atoms with Gasteiger partial charge in [0.25, 0.3) is 5.91 Å². The number of carbonyl (C=O) groups excluding carboxylic acids is 1. The maximum Gasteiger partial charge on any atom is 0.255 e. The number of aliphatic hydroxyl groups is 1. The van der Waals surface area contributed by atoms with Gasteiger partial charge in [0.05, 0.1) is 5.69 Å². The monoisotopic (exact) mass is 356 g/mol. The number of aromatic nitrogens is 2. The fourth-order valence-corrected chi connectivity index (χ4v) is 3.52. The van der Waals surface area contributed by atoms with Crippen LogP contribution in [0.4, 0.5) is 0 Å². The Hall–Kier alpha value is -2.18. The van der Waals surface area contributed by atoms with Crippen molar-refractivity contribution in [1.29, 1.82) is 0 Å². The Kier molecular flexibility index (Phi) is 6.06. The molecule has 1 aliphatic heterocycles. The minimum atomic E-state index is -1.31. The average molecular weight is 356 g/mol. The summed E-state index contributed by atoms with van der Waals surface area (Å²) in [5.41, 5.74) is 1.85. The zero-order valence-electron chi connectivity index (χ0n) is 15.4. The van der Waals surface area contributed by atoms with Gasteiger partial charge in [-0.2, -0.15) is 5.10 Å². The predicted octanol–water partition coefficient (Wildman–Crippen LogP) is 1.79. The largest absolute Gasteiger partial charge is 0.379 e. The van der Waals surface area contributed by atoms with E-state index >= 15 is 0 Å². The summed E-state index contributed by atoms with van der Waals surface area (Å²) in [7, 11) is 0. The molecule has 3 rings (SSSR count). The first-order chi connectivity index (χ1) is 12.6. The number of hydrogen-bond donors (Lipinski definition) is 3. The van der Waals surface area contributed by atoms with E-state index < -0.39 is 5.60 Å². The molecule has 6 heteroatoms. The van der Waals surface area contributed by atoms with Crippen LogP contribution in [-0.2, 0) is 17.8 Å². The van der Waals surface area contributed by atoms with Crippen molar-refractivity contribution in [3.05, 3.63) is 53.3 Å². The van der Waals surface area contributed by atoms with Gasteiger partial charge in [-0.1, -0.05) is 30.3 Å². The highest BCUT2D eigenvalue weighted by Crippen LogP contribution is 2.22. The lowest BCUT2D eigenvalue weighted by Gasteiger charge is -2.38. The number of likely N-dealkylation sites (tertiary alicyclic amines) is 1. The molecule has 26 heavy (non-hydrogen) atoms. The van der Waals surface area contributed by atoms with Crippen LogP contribution >= 0.6 is 0 Å². The van der Waals surface area contributed by atoms with Crippen LogP contribution in [0.25, 0.3) is 0 Å². The standard InChI is InChI=1S/C20H28N4O2/c1-16-13-18(23-22-16)14-21-15-20(26)10-6-12-24(19(20)25)11-5-9-17-7-3-2-4-8-17/h2-4,7-8,13,21,26H,5-6,9-12,14-15H2,1H3,(H,22,23)/t20-/m0/s1. The number of hydrogen-bond acceptors (Lipinski definition) is 4. The third-order valence-corrected chi connectivity index (χ3v) is 4.92. The van der Waals surface area contributed by atoms with Crippen molar-refractivity contribution in [2.24, 2.45) is 0 Å². The number of rotatable bonds is 8. The lowest BCUT2D eigenvalue weighted by atomic mass is 9.91. The summed E-state index contributed by atoms with van der Waals surface area (Å²) in [6.45, 7) is 4.16. The Labute approximate surface area is 154 Å². The molecule has 0 unspecified atom stereocenters. The molecule has 1 aliphatic rings. The van der Waals surface area contributed by atoms with Crippen molar-refractivity contribution in [1.82, 2.24) is 20.4 Å². The highest BCUT2D eigenvalue weighted by atomic mass is 16.3. The zero-order chi connectivity index (χ0) is 18.4. The van der Waals surface area contributed by atoms with Crippen LogP contribution in [-0.4, -0.2) is 51.3 Å². The Bertz CT molecular complexity index is 716. The Morgan fingerprint density at radius 3 is 2.88 bits per heavy atom. The summed E-state index contributed by atoms with van der Waals surface area (Å²) in [6, 6.07) is 12.2. The Morgan fingerprint density at radius 1 is 1.35 bits per heavy atom. The van der Waals surface area contributed by atoms with Gasteiger partial charge in [0, 0.05) is 31.9 Å². The van der Waals surface area contributed by atoms with Gasteiger partial charge in [0.15, 0.2) is 5.60 Å². The summed E-state index contributed by atoms with van der Waals surface area (Å²) < 4.78 is 0. The molecular formula is C20H28N4O2. The lowest BCUT2D eigenvalue weighted by Crippen LogP contribution is -2.58. The molecule has 0 aliphatic carbocycles. The van der Waals surface area contributed by atoms with Gasteiger partial charge in [-0.25, -0.2) is 0 Å². The minimum absolute atomic E-state index is 0.150. The molecule has 0 bridgehead atoms. The van der Waals surface area contributed by atoms with Crippen molar-refractivity contribution in [3.63, 3.8) is 0 Å². The third kappa shape index (κ3) is 4.71. The molecule has 6 nitrogen and oxygen atoms in total. The van der Waals surface area contributed by atoms with E-state index in [9.17, 15) is 9.90 Å². The number of aryl methyl sites for hydroxylation is 2. The van der Waals surface area contributed by atoms with Gasteiger partial charge in [-0.3, -0.25) is 9.89 Å². The number of benzene rings is 1. The molecule has 2 heterocycles. The van der Waals surface area contributed by atoms with Gasteiger partial charge < -0.3 is 15.3 Å². The fraction of sp³-hybridized carbons (Fsp3) is 0.500. The molecule has 2 aromatic rings. The summed E-state index contributed by atoms with van der Waals surface area (Å²) in [6.07, 6.45) is 3.19. The van der Waals surface area contributed by atoms with Crippen LogP contribution in [0, 0.1) is 6.92 Å². The SMILES string of the molecule is Cc1cc(CNC[C@@]2(O)CCCN(CCCc3ccccc3)C2=O)n[nH]1. The van der Waals surface area contributed by atoms with Gasteiger partial charge in [0.1, 0.15) is 0 Å². The van der Waals surface area contributed by atoms with Gasteiger partial charge >= 0.3 is 0 Å². The number of nitrogens with one attached hydrogen (secondary N) is 2. The number of aromatic amines is 1. The highest BCUT2D eigenvalue weighted by Gasteiger charge is 2.41. The predicted molar refractivity (Wildman–Crippen MR) is 101 cm³/mol. The summed E-state index contributed by atoms with van der Waals surface area (Å²) in [5.74, 6) is -0.150. The maximum absolute atomic E-state index is 12.8. The quantitative estimate of drug-likeness (QED) is 0.674. The molecule has 1 fully saturated rings. The van der Waals surface area contributed by atoms with Gasteiger partial charge in [0.2, 0.25) is 0 Å². The van der Waals surface area contributed by atoms with E-state index in [0.29, 0.717) is 19.5 Å². The first-order valence-electron chi connectivity index (χ1n) is 9.34. The van der Waals surface area contributed by atoms with E-state index in [1.165, 1.54) is 5.56 Å². The molecule has 3 N–H and O–H groups in total. The molecule has 1 aromatic carbocycles. The van der Waals surface area contributed by atoms with E-state index in [4.69, 9.17) is 0 Å².